The second-order valence-electron chi connectivity index (χ2n) is 10.2. The molecule has 1 aromatic heterocycles. The molecule has 0 fully saturated rings. The molecule has 0 atom stereocenters. The Labute approximate surface area is 248 Å². The molecule has 0 aliphatic rings. The highest BCUT2D eigenvalue weighted by Crippen LogP contribution is 2.47. The van der Waals surface area contributed by atoms with E-state index in [0.717, 1.165) is 48.0 Å². The van der Waals surface area contributed by atoms with Crippen molar-refractivity contribution in [3.05, 3.63) is 71.2 Å². The third kappa shape index (κ3) is 8.13. The van der Waals surface area contributed by atoms with E-state index in [-0.39, 0.29) is 6.09 Å². The molecule has 3 aromatic carbocycles. The number of carbonyl (C=O) groups excluding carboxylic acids is 1. The summed E-state index contributed by atoms with van der Waals surface area (Å²) in [6, 6.07) is 21.9. The van der Waals surface area contributed by atoms with Crippen molar-refractivity contribution in [3.63, 3.8) is 0 Å². The summed E-state index contributed by atoms with van der Waals surface area (Å²) < 4.78 is 25.2. The number of ether oxygens (including phenoxy) is 4. The van der Waals surface area contributed by atoms with E-state index < -0.39 is 5.60 Å². The summed E-state index contributed by atoms with van der Waals surface area (Å²) in [5, 5.41) is 4.32. The van der Waals surface area contributed by atoms with Crippen LogP contribution in [0.3, 0.4) is 0 Å². The molecule has 0 bridgehead atoms. The molecule has 9 heteroatoms. The van der Waals surface area contributed by atoms with Crippen molar-refractivity contribution in [2.45, 2.75) is 26.4 Å². The van der Waals surface area contributed by atoms with Gasteiger partial charge in [0.25, 0.3) is 0 Å². The highest BCUT2D eigenvalue weighted by Gasteiger charge is 2.19. The van der Waals surface area contributed by atoms with Crippen molar-refractivity contribution in [2.24, 2.45) is 0 Å². The molecule has 4 rings (SSSR count). The lowest BCUT2D eigenvalue weighted by atomic mass is 10.1. The Morgan fingerprint density at radius 1 is 0.950 bits per heavy atom. The van der Waals surface area contributed by atoms with Gasteiger partial charge in [-0.05, 0) is 80.9 Å². The van der Waals surface area contributed by atoms with Gasteiger partial charge in [-0.15, -0.1) is 11.3 Å². The van der Waals surface area contributed by atoms with E-state index in [1.165, 1.54) is 0 Å². The third-order valence-electron chi connectivity index (χ3n) is 5.88. The van der Waals surface area contributed by atoms with Gasteiger partial charge in [0.05, 0.1) is 12.0 Å². The molecular weight excluding hydrogens is 592 g/mol. The standard InChI is InChI=1S/C31H35BrN2O5S/c1-31(2,3)39-30(35)34(4)18-16-33-17-19-37-23-10-12-24(13-11-23)38-28-26-15-14-25(36-5)20-27(26)40-29(28)21-6-8-22(32)9-7-21/h6-15,20,33H,16-19H2,1-5H3. The molecule has 212 valence electrons. The van der Waals surface area contributed by atoms with Gasteiger partial charge in [0.1, 0.15) is 29.5 Å². The largest absolute Gasteiger partial charge is 0.497 e. The van der Waals surface area contributed by atoms with Crippen LogP contribution in [-0.2, 0) is 4.74 Å². The number of fused-ring (bicyclic) bond motifs is 1. The van der Waals surface area contributed by atoms with Crippen LogP contribution in [0.2, 0.25) is 0 Å². The molecular formula is C31H35BrN2O5S. The quantitative estimate of drug-likeness (QED) is 0.170. The zero-order valence-electron chi connectivity index (χ0n) is 23.5. The van der Waals surface area contributed by atoms with Gasteiger partial charge >= 0.3 is 6.09 Å². The average Bonchev–Trinajstić information content (AvgIpc) is 3.28. The Balaban J connectivity index is 1.33. The molecule has 0 unspecified atom stereocenters. The lowest BCUT2D eigenvalue weighted by molar-refractivity contribution is 0.0300. The Morgan fingerprint density at radius 2 is 1.62 bits per heavy atom. The topological polar surface area (TPSA) is 69.3 Å². The van der Waals surface area contributed by atoms with E-state index in [1.54, 1.807) is 30.4 Å². The fraction of sp³-hybridized carbons (Fsp3) is 0.323. The van der Waals surface area contributed by atoms with Crippen LogP contribution in [0.15, 0.2) is 71.2 Å². The Kier molecular flexibility index (Phi) is 9.95. The first-order valence-corrected chi connectivity index (χ1v) is 14.7. The smallest absolute Gasteiger partial charge is 0.410 e. The molecule has 0 aliphatic heterocycles. The second kappa shape index (κ2) is 13.4. The molecule has 1 amide bonds. The lowest BCUT2D eigenvalue weighted by Gasteiger charge is -2.24. The van der Waals surface area contributed by atoms with Gasteiger partial charge in [0.15, 0.2) is 5.75 Å². The van der Waals surface area contributed by atoms with Gasteiger partial charge in [0, 0.05) is 41.2 Å². The van der Waals surface area contributed by atoms with Gasteiger partial charge in [-0.1, -0.05) is 28.1 Å². The summed E-state index contributed by atoms with van der Waals surface area (Å²) >= 11 is 5.20. The van der Waals surface area contributed by atoms with E-state index in [0.29, 0.717) is 26.2 Å². The molecule has 1 N–H and O–H groups in total. The number of nitrogens with one attached hydrogen (secondary N) is 1. The van der Waals surface area contributed by atoms with Crippen molar-refractivity contribution in [1.29, 1.82) is 0 Å². The van der Waals surface area contributed by atoms with Gasteiger partial charge in [0.2, 0.25) is 0 Å². The van der Waals surface area contributed by atoms with Gasteiger partial charge < -0.3 is 29.2 Å². The monoisotopic (exact) mass is 626 g/mol. The second-order valence-corrected chi connectivity index (χ2v) is 12.2. The summed E-state index contributed by atoms with van der Waals surface area (Å²) in [6.07, 6.45) is -0.327. The number of halogens is 1. The zero-order chi connectivity index (χ0) is 28.7. The van der Waals surface area contributed by atoms with E-state index in [1.807, 2.05) is 75.4 Å². The number of methoxy groups -OCH3 is 1. The van der Waals surface area contributed by atoms with Gasteiger partial charge in [-0.3, -0.25) is 0 Å². The minimum absolute atomic E-state index is 0.327. The van der Waals surface area contributed by atoms with E-state index in [4.69, 9.17) is 18.9 Å². The van der Waals surface area contributed by atoms with Crippen LogP contribution < -0.4 is 19.5 Å². The summed E-state index contributed by atoms with van der Waals surface area (Å²) in [7, 11) is 3.40. The number of carbonyl (C=O) groups is 1. The summed E-state index contributed by atoms with van der Waals surface area (Å²) in [5.74, 6) is 3.12. The molecule has 0 radical (unpaired) electrons. The van der Waals surface area contributed by atoms with Gasteiger partial charge in [-0.2, -0.15) is 0 Å². The maximum absolute atomic E-state index is 12.0. The minimum Gasteiger partial charge on any atom is -0.497 e. The van der Waals surface area contributed by atoms with Crippen molar-refractivity contribution in [2.75, 3.05) is 40.4 Å². The van der Waals surface area contributed by atoms with Crippen LogP contribution in [0, 0.1) is 0 Å². The van der Waals surface area contributed by atoms with Crippen LogP contribution in [0.1, 0.15) is 20.8 Å². The van der Waals surface area contributed by atoms with Crippen molar-refractivity contribution in [3.8, 4) is 33.4 Å². The molecule has 40 heavy (non-hydrogen) atoms. The lowest BCUT2D eigenvalue weighted by Crippen LogP contribution is -2.38. The van der Waals surface area contributed by atoms with E-state index >= 15 is 0 Å². The highest BCUT2D eigenvalue weighted by molar-refractivity contribution is 9.10. The van der Waals surface area contributed by atoms with E-state index in [2.05, 4.69) is 33.4 Å². The molecule has 1 heterocycles. The Morgan fingerprint density at radius 3 is 2.30 bits per heavy atom. The summed E-state index contributed by atoms with van der Waals surface area (Å²) in [4.78, 5) is 14.6. The number of thiophene rings is 1. The number of rotatable bonds is 11. The molecule has 0 aliphatic carbocycles. The van der Waals surface area contributed by atoms with Crippen LogP contribution >= 0.6 is 27.3 Å². The van der Waals surface area contributed by atoms with Gasteiger partial charge in [-0.25, -0.2) is 4.79 Å². The number of likely N-dealkylation sites (N-methyl/N-ethyl adjacent to an activating group) is 1. The van der Waals surface area contributed by atoms with Crippen LogP contribution in [-0.4, -0.2) is 57.0 Å². The fourth-order valence-corrected chi connectivity index (χ4v) is 5.27. The first-order chi connectivity index (χ1) is 19.1. The van der Waals surface area contributed by atoms with Crippen molar-refractivity contribution >= 4 is 43.4 Å². The molecule has 0 saturated heterocycles. The number of hydrogen-bond donors (Lipinski definition) is 1. The minimum atomic E-state index is -0.499. The molecule has 7 nitrogen and oxygen atoms in total. The molecule has 4 aromatic rings. The first kappa shape index (κ1) is 29.7. The highest BCUT2D eigenvalue weighted by atomic mass is 79.9. The fourth-order valence-electron chi connectivity index (χ4n) is 3.84. The predicted octanol–water partition coefficient (Wildman–Crippen LogP) is 7.97. The molecule has 0 saturated carbocycles. The SMILES string of the molecule is COc1ccc2c(Oc3ccc(OCCNCCN(C)C(=O)OC(C)(C)C)cc3)c(-c3ccc(Br)cc3)sc2c1. The summed E-state index contributed by atoms with van der Waals surface area (Å²) in [5.41, 5.74) is 0.587. The first-order valence-electron chi connectivity index (χ1n) is 13.0. The normalized spacial score (nSPS) is 11.3. The number of nitrogens with zero attached hydrogens (tertiary/aromatic N) is 1. The average molecular weight is 628 g/mol. The van der Waals surface area contributed by atoms with Crippen LogP contribution in [0.4, 0.5) is 4.79 Å². The third-order valence-corrected chi connectivity index (χ3v) is 7.59. The predicted molar refractivity (Wildman–Crippen MR) is 165 cm³/mol. The zero-order valence-corrected chi connectivity index (χ0v) is 25.9. The van der Waals surface area contributed by atoms with Crippen LogP contribution in [0.5, 0.6) is 23.0 Å². The maximum atomic E-state index is 12.0. The van der Waals surface area contributed by atoms with Crippen molar-refractivity contribution < 1.29 is 23.7 Å². The number of benzene rings is 3. The Bertz CT molecular complexity index is 1410. The van der Waals surface area contributed by atoms with E-state index in [9.17, 15) is 4.79 Å². The molecule has 0 spiro atoms. The van der Waals surface area contributed by atoms with Crippen molar-refractivity contribution in [1.82, 2.24) is 10.2 Å². The summed E-state index contributed by atoms with van der Waals surface area (Å²) in [6.45, 7) is 7.92. The number of hydrogen-bond acceptors (Lipinski definition) is 7. The number of amides is 1. The van der Waals surface area contributed by atoms with Crippen LogP contribution in [0.25, 0.3) is 20.5 Å². The Hall–Kier alpha value is -3.27. The maximum Gasteiger partial charge on any atom is 0.410 e.